The molecule has 2 amide bonds. The van der Waals surface area contributed by atoms with Crippen LogP contribution in [0.4, 0.5) is 0 Å². The number of amides is 2. The van der Waals surface area contributed by atoms with Crippen molar-refractivity contribution in [2.24, 2.45) is 5.73 Å². The number of hydrogen-bond donors (Lipinski definition) is 2. The van der Waals surface area contributed by atoms with Gasteiger partial charge >= 0.3 is 0 Å². The topological polar surface area (TPSA) is 75.4 Å². The predicted octanol–water partition coefficient (Wildman–Crippen LogP) is -0.729. The zero-order valence-corrected chi connectivity index (χ0v) is 10.3. The first kappa shape index (κ1) is 14.2. The number of likely N-dealkylation sites (N-methyl/N-ethyl adjacent to an activating group) is 2. The predicted molar refractivity (Wildman–Crippen MR) is 62.7 cm³/mol. The quantitative estimate of drug-likeness (QED) is 0.634. The lowest BCUT2D eigenvalue weighted by molar-refractivity contribution is -0.135. The number of hydrogen-bond acceptors (Lipinski definition) is 4. The molecule has 0 unspecified atom stereocenters. The summed E-state index contributed by atoms with van der Waals surface area (Å²) in [4.78, 5) is 24.0. The Bertz CT molecular complexity index is 223. The Morgan fingerprint density at radius 1 is 1.53 bits per heavy atom. The van der Waals surface area contributed by atoms with Crippen LogP contribution in [-0.2, 0) is 9.59 Å². The molecule has 0 rings (SSSR count). The summed E-state index contributed by atoms with van der Waals surface area (Å²) in [6.07, 6.45) is 2.60. The number of thioether (sulfide) groups is 1. The lowest BCUT2D eigenvalue weighted by Crippen LogP contribution is -2.45. The van der Waals surface area contributed by atoms with Gasteiger partial charge in [-0.25, -0.2) is 0 Å². The van der Waals surface area contributed by atoms with Crippen molar-refractivity contribution in [3.8, 4) is 0 Å². The molecule has 1 atom stereocenters. The summed E-state index contributed by atoms with van der Waals surface area (Å²) < 4.78 is 0. The third-order valence-corrected chi connectivity index (χ3v) is 2.63. The van der Waals surface area contributed by atoms with Crippen LogP contribution in [0.3, 0.4) is 0 Å². The summed E-state index contributed by atoms with van der Waals surface area (Å²) in [6.45, 7) is 0.0578. The highest BCUT2D eigenvalue weighted by atomic mass is 32.2. The molecule has 0 heterocycles. The molecule has 0 aromatic heterocycles. The van der Waals surface area contributed by atoms with E-state index in [1.54, 1.807) is 18.8 Å². The van der Waals surface area contributed by atoms with E-state index >= 15 is 0 Å². The Hall–Kier alpha value is -0.750. The average Bonchev–Trinajstić information content (AvgIpc) is 2.24. The molecule has 0 aromatic rings. The van der Waals surface area contributed by atoms with Gasteiger partial charge in [-0.3, -0.25) is 9.59 Å². The minimum absolute atomic E-state index is 0.0578. The second-order valence-electron chi connectivity index (χ2n) is 3.26. The zero-order valence-electron chi connectivity index (χ0n) is 9.45. The van der Waals surface area contributed by atoms with Crippen molar-refractivity contribution < 1.29 is 9.59 Å². The summed E-state index contributed by atoms with van der Waals surface area (Å²) >= 11 is 1.65. The molecule has 0 aliphatic rings. The number of carbonyl (C=O) groups excluding carboxylic acids is 2. The van der Waals surface area contributed by atoms with Crippen LogP contribution in [0.1, 0.15) is 6.42 Å². The molecular formula is C9H19N3O2S. The van der Waals surface area contributed by atoms with Gasteiger partial charge in [0.15, 0.2) is 0 Å². The number of carbonyl (C=O) groups is 2. The molecule has 3 N–H and O–H groups in total. The molecule has 0 saturated heterocycles. The van der Waals surface area contributed by atoms with E-state index in [-0.39, 0.29) is 18.4 Å². The molecule has 5 nitrogen and oxygen atoms in total. The van der Waals surface area contributed by atoms with Crippen molar-refractivity contribution >= 4 is 23.6 Å². The van der Waals surface area contributed by atoms with Crippen LogP contribution in [0.2, 0.25) is 0 Å². The van der Waals surface area contributed by atoms with Crippen LogP contribution in [-0.4, -0.2) is 55.4 Å². The fourth-order valence-electron chi connectivity index (χ4n) is 1.02. The molecule has 0 aliphatic carbocycles. The van der Waals surface area contributed by atoms with Gasteiger partial charge in [0.1, 0.15) is 0 Å². The molecule has 0 aromatic carbocycles. The van der Waals surface area contributed by atoms with E-state index in [0.29, 0.717) is 6.42 Å². The molecule has 6 heteroatoms. The summed E-state index contributed by atoms with van der Waals surface area (Å²) in [7, 11) is 3.12. The Balaban J connectivity index is 4.01. The summed E-state index contributed by atoms with van der Waals surface area (Å²) in [6, 6.07) is -0.507. The van der Waals surface area contributed by atoms with Crippen LogP contribution in [0.25, 0.3) is 0 Å². The third kappa shape index (κ3) is 5.64. The minimum Gasteiger partial charge on any atom is -0.358 e. The summed E-state index contributed by atoms with van der Waals surface area (Å²) in [5.74, 6) is 0.469. The number of nitrogens with one attached hydrogen (secondary N) is 1. The fraction of sp³-hybridized carbons (Fsp3) is 0.778. The van der Waals surface area contributed by atoms with Gasteiger partial charge in [0.05, 0.1) is 12.6 Å². The maximum atomic E-state index is 11.6. The van der Waals surface area contributed by atoms with Gasteiger partial charge in [-0.05, 0) is 18.4 Å². The van der Waals surface area contributed by atoms with E-state index in [1.165, 1.54) is 11.9 Å². The van der Waals surface area contributed by atoms with Crippen molar-refractivity contribution in [1.82, 2.24) is 10.2 Å². The average molecular weight is 233 g/mol. The van der Waals surface area contributed by atoms with Crippen LogP contribution >= 0.6 is 11.8 Å². The van der Waals surface area contributed by atoms with E-state index < -0.39 is 6.04 Å². The standard InChI is InChI=1S/C9H19N3O2S/c1-11-8(13)6-12(2)9(14)7(10)4-5-15-3/h7H,4-6,10H2,1-3H3,(H,11,13)/t7-/m0/s1. The summed E-state index contributed by atoms with van der Waals surface area (Å²) in [5.41, 5.74) is 5.69. The van der Waals surface area contributed by atoms with E-state index in [0.717, 1.165) is 5.75 Å². The molecular weight excluding hydrogens is 214 g/mol. The van der Waals surface area contributed by atoms with Gasteiger partial charge in [-0.2, -0.15) is 11.8 Å². The van der Waals surface area contributed by atoms with Crippen molar-refractivity contribution in [2.45, 2.75) is 12.5 Å². The maximum Gasteiger partial charge on any atom is 0.239 e. The Morgan fingerprint density at radius 2 is 2.13 bits per heavy atom. The van der Waals surface area contributed by atoms with Crippen molar-refractivity contribution in [3.63, 3.8) is 0 Å². The Kier molecular flexibility index (Phi) is 7.15. The lowest BCUT2D eigenvalue weighted by atomic mass is 10.2. The minimum atomic E-state index is -0.507. The first-order valence-corrected chi connectivity index (χ1v) is 6.12. The molecule has 0 spiro atoms. The van der Waals surface area contributed by atoms with E-state index in [4.69, 9.17) is 5.73 Å². The molecule has 0 aliphatic heterocycles. The molecule has 88 valence electrons. The van der Waals surface area contributed by atoms with Crippen molar-refractivity contribution in [2.75, 3.05) is 32.6 Å². The number of nitrogens with two attached hydrogens (primary N) is 1. The van der Waals surface area contributed by atoms with Gasteiger partial charge in [0, 0.05) is 14.1 Å². The van der Waals surface area contributed by atoms with Crippen LogP contribution in [0.5, 0.6) is 0 Å². The normalized spacial score (nSPS) is 12.0. The van der Waals surface area contributed by atoms with Crippen LogP contribution in [0.15, 0.2) is 0 Å². The Labute approximate surface area is 94.8 Å². The molecule has 15 heavy (non-hydrogen) atoms. The number of rotatable bonds is 6. The first-order valence-electron chi connectivity index (χ1n) is 4.73. The molecule has 0 saturated carbocycles. The monoisotopic (exact) mass is 233 g/mol. The lowest BCUT2D eigenvalue weighted by Gasteiger charge is -2.20. The largest absolute Gasteiger partial charge is 0.358 e. The smallest absolute Gasteiger partial charge is 0.239 e. The second-order valence-corrected chi connectivity index (χ2v) is 4.24. The van der Waals surface area contributed by atoms with E-state index in [2.05, 4.69) is 5.32 Å². The van der Waals surface area contributed by atoms with Crippen molar-refractivity contribution in [3.05, 3.63) is 0 Å². The van der Waals surface area contributed by atoms with Crippen LogP contribution in [0, 0.1) is 0 Å². The van der Waals surface area contributed by atoms with Gasteiger partial charge < -0.3 is 16.0 Å². The van der Waals surface area contributed by atoms with Crippen LogP contribution < -0.4 is 11.1 Å². The van der Waals surface area contributed by atoms with Gasteiger partial charge in [0.25, 0.3) is 0 Å². The third-order valence-electron chi connectivity index (χ3n) is 1.99. The highest BCUT2D eigenvalue weighted by Crippen LogP contribution is 2.01. The molecule has 0 fully saturated rings. The SMILES string of the molecule is CNC(=O)CN(C)C(=O)[C@@H](N)CCSC. The van der Waals surface area contributed by atoms with E-state index in [1.807, 2.05) is 6.26 Å². The van der Waals surface area contributed by atoms with Crippen molar-refractivity contribution in [1.29, 1.82) is 0 Å². The maximum absolute atomic E-state index is 11.6. The summed E-state index contributed by atoms with van der Waals surface area (Å²) in [5, 5.41) is 2.46. The highest BCUT2D eigenvalue weighted by molar-refractivity contribution is 7.98. The molecule has 0 radical (unpaired) electrons. The second kappa shape index (κ2) is 7.53. The Morgan fingerprint density at radius 3 is 2.60 bits per heavy atom. The molecule has 0 bridgehead atoms. The number of nitrogens with zero attached hydrogens (tertiary/aromatic N) is 1. The van der Waals surface area contributed by atoms with Gasteiger partial charge in [-0.15, -0.1) is 0 Å². The first-order chi connectivity index (χ1) is 7.02. The fourth-order valence-corrected chi connectivity index (χ4v) is 1.51. The highest BCUT2D eigenvalue weighted by Gasteiger charge is 2.18. The van der Waals surface area contributed by atoms with Gasteiger partial charge in [0.2, 0.25) is 11.8 Å². The zero-order chi connectivity index (χ0) is 11.8. The van der Waals surface area contributed by atoms with Gasteiger partial charge in [-0.1, -0.05) is 0 Å². The van der Waals surface area contributed by atoms with E-state index in [9.17, 15) is 9.59 Å².